The number of phenolic OH excluding ortho intramolecular Hbond substituents is 1. The molecule has 6 heteroatoms. The number of halogens is 3. The van der Waals surface area contributed by atoms with Crippen molar-refractivity contribution in [1.82, 2.24) is 0 Å². The molecule has 0 saturated heterocycles. The van der Waals surface area contributed by atoms with E-state index in [2.05, 4.69) is 67.8 Å². The van der Waals surface area contributed by atoms with Gasteiger partial charge in [0.2, 0.25) is 0 Å². The van der Waals surface area contributed by atoms with Crippen LogP contribution in [0.15, 0.2) is 72.8 Å². The van der Waals surface area contributed by atoms with E-state index in [1.165, 1.54) is 0 Å². The number of para-hydroxylation sites is 3. The maximum atomic E-state index is 8.91. The molecule has 0 aliphatic rings. The number of phenols is 1. The van der Waals surface area contributed by atoms with E-state index >= 15 is 0 Å². The van der Waals surface area contributed by atoms with E-state index in [1.54, 1.807) is 12.1 Å². The molecule has 0 saturated carbocycles. The first kappa shape index (κ1) is 22.5. The van der Waals surface area contributed by atoms with Gasteiger partial charge in [0.25, 0.3) is 0 Å². The van der Waals surface area contributed by atoms with Gasteiger partial charge in [0.15, 0.2) is 0 Å². The summed E-state index contributed by atoms with van der Waals surface area (Å²) in [4.78, 5) is 0. The molecule has 0 fully saturated rings. The van der Waals surface area contributed by atoms with E-state index in [1.807, 2.05) is 60.7 Å². The van der Waals surface area contributed by atoms with Crippen molar-refractivity contribution >= 4 is 67.8 Å². The number of ether oxygens (including phenoxy) is 2. The van der Waals surface area contributed by atoms with E-state index in [0.717, 1.165) is 28.6 Å². The zero-order valence-electron chi connectivity index (χ0n) is 14.4. The minimum Gasteiger partial charge on any atom is -0.507 e. The quantitative estimate of drug-likeness (QED) is 0.229. The highest BCUT2D eigenvalue weighted by Crippen LogP contribution is 2.21. The number of benzene rings is 3. The average Bonchev–Trinajstić information content (AvgIpc) is 2.67. The number of hydrogen-bond donors (Lipinski definition) is 1. The van der Waals surface area contributed by atoms with Crippen LogP contribution in [0.4, 0.5) is 0 Å². The van der Waals surface area contributed by atoms with Gasteiger partial charge in [0.05, 0.1) is 23.9 Å². The first-order chi connectivity index (χ1) is 13.1. The third kappa shape index (κ3) is 8.43. The summed E-state index contributed by atoms with van der Waals surface area (Å²) in [6, 6.07) is 23.3. The molecule has 0 bridgehead atoms. The Hall–Kier alpha value is -0.750. The van der Waals surface area contributed by atoms with Gasteiger partial charge in [-0.05, 0) is 104 Å². The highest BCUT2D eigenvalue weighted by Gasteiger charge is 2.01. The summed E-state index contributed by atoms with van der Waals surface area (Å²) in [7, 11) is 0. The Morgan fingerprint density at radius 1 is 0.593 bits per heavy atom. The predicted octanol–water partition coefficient (Wildman–Crippen LogP) is 6.74. The highest BCUT2D eigenvalue weighted by atomic mass is 127. The smallest absolute Gasteiger partial charge is 0.132 e. The average molecular weight is 700 g/mol. The Balaban J connectivity index is 0.000000273. The maximum Gasteiger partial charge on any atom is 0.132 e. The van der Waals surface area contributed by atoms with Crippen LogP contribution in [0.2, 0.25) is 0 Å². The summed E-state index contributed by atoms with van der Waals surface area (Å²) in [5.41, 5.74) is 0. The largest absolute Gasteiger partial charge is 0.507 e. The van der Waals surface area contributed by atoms with Crippen molar-refractivity contribution in [3.8, 4) is 17.2 Å². The molecule has 3 aromatic rings. The van der Waals surface area contributed by atoms with Crippen molar-refractivity contribution < 1.29 is 14.6 Å². The van der Waals surface area contributed by atoms with Crippen LogP contribution in [0.25, 0.3) is 0 Å². The van der Waals surface area contributed by atoms with Crippen molar-refractivity contribution in [2.24, 2.45) is 0 Å². The molecule has 3 aromatic carbocycles. The molecule has 0 spiro atoms. The molecule has 0 unspecified atom stereocenters. The Bertz CT molecular complexity index is 772. The molecule has 0 atom stereocenters. The van der Waals surface area contributed by atoms with Gasteiger partial charge in [0.1, 0.15) is 17.2 Å². The van der Waals surface area contributed by atoms with Crippen molar-refractivity contribution in [3.05, 3.63) is 83.5 Å². The second-order valence-electron chi connectivity index (χ2n) is 5.36. The van der Waals surface area contributed by atoms with Gasteiger partial charge >= 0.3 is 0 Å². The van der Waals surface area contributed by atoms with E-state index in [0.29, 0.717) is 19.0 Å². The van der Waals surface area contributed by atoms with E-state index in [9.17, 15) is 0 Å². The molecule has 0 heterocycles. The summed E-state index contributed by atoms with van der Waals surface area (Å²) >= 11 is 6.63. The molecule has 142 valence electrons. The first-order valence-electron chi connectivity index (χ1n) is 8.26. The zero-order chi connectivity index (χ0) is 19.5. The van der Waals surface area contributed by atoms with Gasteiger partial charge in [-0.15, -0.1) is 0 Å². The van der Waals surface area contributed by atoms with Crippen LogP contribution in [0.1, 0.15) is 6.42 Å². The molecular weight excluding hydrogens is 681 g/mol. The minimum atomic E-state index is 0.355. The van der Waals surface area contributed by atoms with E-state index in [-0.39, 0.29) is 0 Å². The summed E-state index contributed by atoms with van der Waals surface area (Å²) in [6.07, 6.45) is 0.871. The molecule has 0 aliphatic carbocycles. The lowest BCUT2D eigenvalue weighted by Crippen LogP contribution is -2.06. The number of aromatic hydroxyl groups is 1. The lowest BCUT2D eigenvalue weighted by Gasteiger charge is -2.10. The predicted molar refractivity (Wildman–Crippen MR) is 135 cm³/mol. The van der Waals surface area contributed by atoms with Crippen LogP contribution in [0, 0.1) is 10.7 Å². The van der Waals surface area contributed by atoms with Crippen molar-refractivity contribution in [2.75, 3.05) is 13.2 Å². The van der Waals surface area contributed by atoms with Gasteiger partial charge in [-0.2, -0.15) is 0 Å². The Morgan fingerprint density at radius 2 is 1.00 bits per heavy atom. The van der Waals surface area contributed by atoms with Gasteiger partial charge in [-0.25, -0.2) is 0 Å². The summed E-state index contributed by atoms with van der Waals surface area (Å²) in [6.45, 7) is 1.34. The van der Waals surface area contributed by atoms with Crippen molar-refractivity contribution in [3.63, 3.8) is 0 Å². The fraction of sp³-hybridized carbons (Fsp3) is 0.143. The number of hydrogen-bond acceptors (Lipinski definition) is 3. The topological polar surface area (TPSA) is 38.7 Å². The second-order valence-corrected chi connectivity index (χ2v) is 8.85. The van der Waals surface area contributed by atoms with Gasteiger partial charge in [-0.1, -0.05) is 36.4 Å². The summed E-state index contributed by atoms with van der Waals surface area (Å²) < 4.78 is 14.6. The van der Waals surface area contributed by atoms with Crippen molar-refractivity contribution in [1.29, 1.82) is 0 Å². The molecule has 3 rings (SSSR count). The SMILES string of the molecule is Ic1ccccc1OCCCOc1ccccc1I.Oc1ccccc1I. The molecular formula is C21H19I3O3. The molecule has 0 aliphatic heterocycles. The van der Waals surface area contributed by atoms with E-state index in [4.69, 9.17) is 14.6 Å². The van der Waals surface area contributed by atoms with Crippen LogP contribution in [0.3, 0.4) is 0 Å². The molecule has 1 N–H and O–H groups in total. The first-order valence-corrected chi connectivity index (χ1v) is 11.5. The van der Waals surface area contributed by atoms with Gasteiger partial charge in [0, 0.05) is 6.42 Å². The van der Waals surface area contributed by atoms with Crippen molar-refractivity contribution in [2.45, 2.75) is 6.42 Å². The highest BCUT2D eigenvalue weighted by molar-refractivity contribution is 14.1. The molecule has 0 aromatic heterocycles. The zero-order valence-corrected chi connectivity index (χ0v) is 20.9. The van der Waals surface area contributed by atoms with Crippen LogP contribution in [0.5, 0.6) is 17.2 Å². The number of rotatable bonds is 6. The summed E-state index contributed by atoms with van der Waals surface area (Å²) in [5.74, 6) is 2.24. The molecule has 3 nitrogen and oxygen atoms in total. The third-order valence-corrected chi connectivity index (χ3v) is 6.02. The Morgan fingerprint density at radius 3 is 1.37 bits per heavy atom. The molecule has 0 amide bonds. The lowest BCUT2D eigenvalue weighted by molar-refractivity contribution is 0.245. The summed E-state index contributed by atoms with van der Waals surface area (Å²) in [5, 5.41) is 8.91. The van der Waals surface area contributed by atoms with E-state index < -0.39 is 0 Å². The lowest BCUT2D eigenvalue weighted by atomic mass is 10.3. The minimum absolute atomic E-state index is 0.355. The standard InChI is InChI=1S/C15H14I2O2.C6H5IO/c16-12-6-1-3-8-14(12)18-10-5-11-19-15-9-4-2-7-13(15)17;7-5-3-1-2-4-6(5)8/h1-4,6-9H,5,10-11H2;1-4,8H. The Kier molecular flexibility index (Phi) is 10.6. The van der Waals surface area contributed by atoms with Gasteiger partial charge in [-0.3, -0.25) is 0 Å². The fourth-order valence-corrected chi connectivity index (χ4v) is 3.47. The molecule has 27 heavy (non-hydrogen) atoms. The van der Waals surface area contributed by atoms with Crippen LogP contribution < -0.4 is 9.47 Å². The molecule has 0 radical (unpaired) electrons. The fourth-order valence-electron chi connectivity index (χ4n) is 2.00. The maximum absolute atomic E-state index is 8.91. The monoisotopic (exact) mass is 700 g/mol. The second kappa shape index (κ2) is 12.7. The van der Waals surface area contributed by atoms with Crippen LogP contribution in [-0.4, -0.2) is 18.3 Å². The van der Waals surface area contributed by atoms with Gasteiger partial charge < -0.3 is 14.6 Å². The van der Waals surface area contributed by atoms with Crippen LogP contribution >= 0.6 is 67.8 Å². The van der Waals surface area contributed by atoms with Crippen LogP contribution in [-0.2, 0) is 0 Å². The third-order valence-electron chi connectivity index (χ3n) is 3.33. The normalized spacial score (nSPS) is 9.89. The Labute approximate surface area is 200 Å².